The van der Waals surface area contributed by atoms with Gasteiger partial charge in [-0.2, -0.15) is 0 Å². The lowest BCUT2D eigenvalue weighted by molar-refractivity contribution is 0.0735. The van der Waals surface area contributed by atoms with Gasteiger partial charge in [0.05, 0.1) is 5.56 Å². The van der Waals surface area contributed by atoms with Crippen molar-refractivity contribution in [3.05, 3.63) is 84.4 Å². The van der Waals surface area contributed by atoms with Crippen LogP contribution in [0.4, 0.5) is 0 Å². The normalized spacial score (nSPS) is 10.8. The van der Waals surface area contributed by atoms with Crippen LogP contribution in [0.1, 0.15) is 10.4 Å². The number of carbonyl (C=O) groups excluding carboxylic acids is 1. The van der Waals surface area contributed by atoms with Gasteiger partial charge in [0.1, 0.15) is 11.5 Å². The Morgan fingerprint density at radius 1 is 0.750 bits per heavy atom. The quantitative estimate of drug-likeness (QED) is 0.422. The molecule has 4 aromatic rings. The molecule has 0 saturated carbocycles. The maximum absolute atomic E-state index is 12.4. The molecule has 0 saturated heterocycles. The van der Waals surface area contributed by atoms with Crippen LogP contribution in [-0.4, -0.2) is 11.1 Å². The van der Waals surface area contributed by atoms with E-state index in [4.69, 9.17) is 4.74 Å². The molecule has 0 bridgehead atoms. The summed E-state index contributed by atoms with van der Waals surface area (Å²) in [5.41, 5.74) is 0.319. The summed E-state index contributed by atoms with van der Waals surface area (Å²) >= 11 is 0. The molecule has 116 valence electrons. The molecule has 0 radical (unpaired) electrons. The third kappa shape index (κ3) is 2.57. The maximum Gasteiger partial charge on any atom is 0.343 e. The standard InChI is InChI=1S/C21H14O3/c22-20-13-17(11-16-7-3-4-8-19(16)20)21(23)24-18-10-9-14-5-1-2-6-15(14)12-18/h1-13,22H. The highest BCUT2D eigenvalue weighted by molar-refractivity contribution is 5.99. The van der Waals surface area contributed by atoms with Crippen molar-refractivity contribution < 1.29 is 14.6 Å². The zero-order chi connectivity index (χ0) is 16.5. The predicted molar refractivity (Wildman–Crippen MR) is 94.5 cm³/mol. The van der Waals surface area contributed by atoms with Gasteiger partial charge < -0.3 is 9.84 Å². The lowest BCUT2D eigenvalue weighted by Crippen LogP contribution is -2.08. The third-order valence-electron chi connectivity index (χ3n) is 4.01. The van der Waals surface area contributed by atoms with Gasteiger partial charge in [0.25, 0.3) is 0 Å². The van der Waals surface area contributed by atoms with Crippen LogP contribution in [0.25, 0.3) is 21.5 Å². The van der Waals surface area contributed by atoms with Gasteiger partial charge in [0.15, 0.2) is 0 Å². The van der Waals surface area contributed by atoms with Gasteiger partial charge in [-0.25, -0.2) is 4.79 Å². The molecule has 1 N–H and O–H groups in total. The highest BCUT2D eigenvalue weighted by Crippen LogP contribution is 2.27. The molecule has 0 atom stereocenters. The highest BCUT2D eigenvalue weighted by Gasteiger charge is 2.12. The Labute approximate surface area is 138 Å². The van der Waals surface area contributed by atoms with Crippen molar-refractivity contribution in [1.29, 1.82) is 0 Å². The zero-order valence-electron chi connectivity index (χ0n) is 12.8. The maximum atomic E-state index is 12.4. The van der Waals surface area contributed by atoms with E-state index >= 15 is 0 Å². The van der Waals surface area contributed by atoms with Crippen LogP contribution in [0, 0.1) is 0 Å². The second-order valence-corrected chi connectivity index (χ2v) is 5.61. The van der Waals surface area contributed by atoms with Crippen LogP contribution in [0.5, 0.6) is 11.5 Å². The van der Waals surface area contributed by atoms with Gasteiger partial charge in [-0.05, 0) is 40.4 Å². The average Bonchev–Trinajstić information content (AvgIpc) is 2.61. The Hall–Kier alpha value is -3.33. The number of aromatic hydroxyl groups is 1. The van der Waals surface area contributed by atoms with Crippen LogP contribution >= 0.6 is 0 Å². The minimum Gasteiger partial charge on any atom is -0.507 e. The third-order valence-corrected chi connectivity index (χ3v) is 4.01. The molecular weight excluding hydrogens is 300 g/mol. The van der Waals surface area contributed by atoms with Crippen LogP contribution in [0.3, 0.4) is 0 Å². The summed E-state index contributed by atoms with van der Waals surface area (Å²) in [7, 11) is 0. The fourth-order valence-corrected chi connectivity index (χ4v) is 2.81. The van der Waals surface area contributed by atoms with Gasteiger partial charge in [-0.3, -0.25) is 0 Å². The first-order chi connectivity index (χ1) is 11.7. The molecule has 4 aromatic carbocycles. The summed E-state index contributed by atoms with van der Waals surface area (Å²) in [5.74, 6) is 0.0521. The minimum atomic E-state index is -0.494. The summed E-state index contributed by atoms with van der Waals surface area (Å²) < 4.78 is 5.46. The predicted octanol–water partition coefficient (Wildman–Crippen LogP) is 4.92. The number of carbonyl (C=O) groups is 1. The topological polar surface area (TPSA) is 46.5 Å². The van der Waals surface area contributed by atoms with E-state index in [1.165, 1.54) is 6.07 Å². The van der Waals surface area contributed by atoms with E-state index in [1.807, 2.05) is 60.7 Å². The Bertz CT molecular complexity index is 1070. The molecular formula is C21H14O3. The molecule has 0 fully saturated rings. The molecule has 0 aliphatic carbocycles. The Kier molecular flexibility index (Phi) is 3.39. The molecule has 0 spiro atoms. The molecule has 0 aliphatic heterocycles. The molecule has 24 heavy (non-hydrogen) atoms. The Morgan fingerprint density at radius 2 is 1.46 bits per heavy atom. The molecule has 3 nitrogen and oxygen atoms in total. The summed E-state index contributed by atoms with van der Waals surface area (Å²) in [6.07, 6.45) is 0. The summed E-state index contributed by atoms with van der Waals surface area (Å²) in [6.45, 7) is 0. The minimum absolute atomic E-state index is 0.0681. The second kappa shape index (κ2) is 5.70. The number of hydrogen-bond acceptors (Lipinski definition) is 3. The summed E-state index contributed by atoms with van der Waals surface area (Å²) in [5, 5.41) is 13.7. The molecule has 0 amide bonds. The van der Waals surface area contributed by atoms with E-state index in [1.54, 1.807) is 12.1 Å². The number of hydrogen-bond donors (Lipinski definition) is 1. The Morgan fingerprint density at radius 3 is 2.29 bits per heavy atom. The van der Waals surface area contributed by atoms with Crippen molar-refractivity contribution in [2.45, 2.75) is 0 Å². The lowest BCUT2D eigenvalue weighted by Gasteiger charge is -2.08. The van der Waals surface area contributed by atoms with Gasteiger partial charge in [0, 0.05) is 5.39 Å². The second-order valence-electron chi connectivity index (χ2n) is 5.61. The van der Waals surface area contributed by atoms with Crippen molar-refractivity contribution in [3.8, 4) is 11.5 Å². The van der Waals surface area contributed by atoms with Crippen molar-refractivity contribution in [2.24, 2.45) is 0 Å². The van der Waals surface area contributed by atoms with E-state index < -0.39 is 5.97 Å². The number of phenolic OH excluding ortho intramolecular Hbond substituents is 1. The molecule has 0 heterocycles. The van der Waals surface area contributed by atoms with Crippen LogP contribution in [-0.2, 0) is 0 Å². The SMILES string of the molecule is O=C(Oc1ccc2ccccc2c1)c1cc(O)c2ccccc2c1. The van der Waals surface area contributed by atoms with E-state index in [9.17, 15) is 9.90 Å². The first-order valence-electron chi connectivity index (χ1n) is 7.63. The zero-order valence-corrected chi connectivity index (χ0v) is 12.8. The lowest BCUT2D eigenvalue weighted by atomic mass is 10.1. The first-order valence-corrected chi connectivity index (χ1v) is 7.63. The number of rotatable bonds is 2. The van der Waals surface area contributed by atoms with Crippen molar-refractivity contribution in [1.82, 2.24) is 0 Å². The fourth-order valence-electron chi connectivity index (χ4n) is 2.81. The van der Waals surface area contributed by atoms with Crippen LogP contribution < -0.4 is 4.74 Å². The number of esters is 1. The largest absolute Gasteiger partial charge is 0.507 e. The molecule has 3 heteroatoms. The van der Waals surface area contributed by atoms with Gasteiger partial charge in [-0.15, -0.1) is 0 Å². The number of phenols is 1. The number of benzene rings is 4. The first kappa shape index (κ1) is 14.3. The number of ether oxygens (including phenoxy) is 1. The summed E-state index contributed by atoms with van der Waals surface area (Å²) in [4.78, 5) is 12.4. The van der Waals surface area contributed by atoms with E-state index in [0.717, 1.165) is 16.2 Å². The molecule has 4 rings (SSSR count). The van der Waals surface area contributed by atoms with E-state index in [-0.39, 0.29) is 5.75 Å². The van der Waals surface area contributed by atoms with E-state index in [0.29, 0.717) is 16.7 Å². The molecule has 0 unspecified atom stereocenters. The van der Waals surface area contributed by atoms with Crippen molar-refractivity contribution >= 4 is 27.5 Å². The smallest absolute Gasteiger partial charge is 0.343 e. The molecule has 0 aliphatic rings. The van der Waals surface area contributed by atoms with Gasteiger partial charge in [0.2, 0.25) is 0 Å². The fraction of sp³-hybridized carbons (Fsp3) is 0. The van der Waals surface area contributed by atoms with Gasteiger partial charge in [-0.1, -0.05) is 54.6 Å². The number of fused-ring (bicyclic) bond motifs is 2. The monoisotopic (exact) mass is 314 g/mol. The van der Waals surface area contributed by atoms with Crippen LogP contribution in [0.15, 0.2) is 78.9 Å². The highest BCUT2D eigenvalue weighted by atomic mass is 16.5. The molecule has 0 aromatic heterocycles. The Balaban J connectivity index is 1.68. The van der Waals surface area contributed by atoms with E-state index in [2.05, 4.69) is 0 Å². The van der Waals surface area contributed by atoms with Crippen molar-refractivity contribution in [2.75, 3.05) is 0 Å². The summed E-state index contributed by atoms with van der Waals surface area (Å²) in [6, 6.07) is 23.9. The van der Waals surface area contributed by atoms with Crippen LogP contribution in [0.2, 0.25) is 0 Å². The van der Waals surface area contributed by atoms with Crippen molar-refractivity contribution in [3.63, 3.8) is 0 Å². The average molecular weight is 314 g/mol. The van der Waals surface area contributed by atoms with Gasteiger partial charge >= 0.3 is 5.97 Å².